The molecule has 0 bridgehead atoms. The second kappa shape index (κ2) is 20.8. The van der Waals surface area contributed by atoms with Crippen LogP contribution in [0.4, 0.5) is 0 Å². The molecule has 3 aromatic rings. The zero-order valence-electron chi connectivity index (χ0n) is 34.9. The predicted octanol–water partition coefficient (Wildman–Crippen LogP) is -7.11. The molecule has 27 nitrogen and oxygen atoms in total. The number of methoxy groups -OCH3 is 1. The standard InChI is InChI=1S/C40H52O27/c1-58-15-4-11(2-3-13(15)43)35-36(26(49)21-14(44)5-12(6-16(21)62-35)61-39-33(56)28(51)23(46)18(8-42)64-39)67-40-34(57)30(53)25(48)20(66-40)10-60-38-32(55)29(52)24(47)19(65-38)9-59-37-31(54)27(50)22(45)17(7-41)63-37/h2-6,17-20,22-25,27-34,37-48,50-57H,7-10H2,1H3/t17?,18?,19?,20?,22-,23-,24-,25-,27+,28+,29+,30?,31?,32?,33?,34?,37-,38-,39-,40+/m1/s1. The number of phenolic OH excluding ortho intramolecular Hbond substituents is 2. The summed E-state index contributed by atoms with van der Waals surface area (Å²) in [7, 11) is 1.22. The van der Waals surface area contributed by atoms with Crippen LogP contribution in [0.2, 0.25) is 0 Å². The Bertz CT molecular complexity index is 2210. The molecule has 4 saturated heterocycles. The van der Waals surface area contributed by atoms with Crippen molar-refractivity contribution in [3.8, 4) is 40.1 Å². The van der Waals surface area contributed by atoms with E-state index in [0.29, 0.717) is 0 Å². The minimum Gasteiger partial charge on any atom is -0.507 e. The van der Waals surface area contributed by atoms with Gasteiger partial charge >= 0.3 is 0 Å². The first-order valence-electron chi connectivity index (χ1n) is 20.6. The number of ether oxygens (including phenoxy) is 9. The van der Waals surface area contributed by atoms with E-state index in [0.717, 1.165) is 18.2 Å². The van der Waals surface area contributed by atoms with E-state index in [-0.39, 0.29) is 22.8 Å². The molecule has 374 valence electrons. The maximum absolute atomic E-state index is 14.3. The first kappa shape index (κ1) is 50.7. The first-order valence-corrected chi connectivity index (χ1v) is 20.6. The lowest BCUT2D eigenvalue weighted by atomic mass is 9.98. The second-order valence-corrected chi connectivity index (χ2v) is 16.1. The fourth-order valence-corrected chi connectivity index (χ4v) is 7.78. The quantitative estimate of drug-likeness (QED) is 0.0714. The number of hydrogen-bond acceptors (Lipinski definition) is 27. The van der Waals surface area contributed by atoms with Crippen molar-refractivity contribution in [2.45, 2.75) is 123 Å². The fraction of sp³-hybridized carbons (Fsp3) is 0.625. The Morgan fingerprint density at radius 3 is 1.48 bits per heavy atom. The Balaban J connectivity index is 1.13. The highest BCUT2D eigenvalue weighted by Gasteiger charge is 2.50. The first-order chi connectivity index (χ1) is 31.8. The molecule has 16 N–H and O–H groups in total. The van der Waals surface area contributed by atoms with Gasteiger partial charge in [-0.1, -0.05) is 0 Å². The minimum absolute atomic E-state index is 0.0385. The van der Waals surface area contributed by atoms with Crippen LogP contribution in [0.1, 0.15) is 0 Å². The van der Waals surface area contributed by atoms with Crippen LogP contribution in [0.25, 0.3) is 22.3 Å². The summed E-state index contributed by atoms with van der Waals surface area (Å²) in [4.78, 5) is 14.3. The zero-order valence-corrected chi connectivity index (χ0v) is 34.9. The Morgan fingerprint density at radius 2 is 0.970 bits per heavy atom. The highest BCUT2D eigenvalue weighted by Crippen LogP contribution is 2.41. The molecule has 67 heavy (non-hydrogen) atoms. The van der Waals surface area contributed by atoms with Gasteiger partial charge in [-0.15, -0.1) is 0 Å². The summed E-state index contributed by atoms with van der Waals surface area (Å²) in [5, 5.41) is 166. The number of benzene rings is 2. The average molecular weight is 965 g/mol. The minimum atomic E-state index is -2.14. The number of fused-ring (bicyclic) bond motifs is 1. The average Bonchev–Trinajstić information content (AvgIpc) is 3.31. The molecule has 9 unspecified atom stereocenters. The number of hydrogen-bond donors (Lipinski definition) is 16. The van der Waals surface area contributed by atoms with Gasteiger partial charge in [0.1, 0.15) is 120 Å². The largest absolute Gasteiger partial charge is 0.507 e. The van der Waals surface area contributed by atoms with Crippen molar-refractivity contribution >= 4 is 11.0 Å². The molecule has 5 heterocycles. The van der Waals surface area contributed by atoms with Gasteiger partial charge < -0.3 is 129 Å². The van der Waals surface area contributed by atoms with Crippen molar-refractivity contribution in [1.82, 2.24) is 0 Å². The lowest BCUT2D eigenvalue weighted by molar-refractivity contribution is -0.339. The lowest BCUT2D eigenvalue weighted by Crippen LogP contribution is -2.63. The van der Waals surface area contributed by atoms with Crippen LogP contribution < -0.4 is 19.6 Å². The van der Waals surface area contributed by atoms with Crippen LogP contribution in [0, 0.1) is 0 Å². The molecule has 20 atom stereocenters. The SMILES string of the molecule is COc1cc(-c2oc3cc(O[C@@H]4OC(CO)[C@@H](O)[C@H](O)C4O)cc(O)c3c(=O)c2O[C@@H]2OC(CO[C@@H]3OC(CO[C@@H]4OC(CO)[C@@H](O)[C@H](O)C4O)[C@@H](O)[C@H](O)C3O)[C@@H](O)C(O)C2O)ccc1O. The third-order valence-electron chi connectivity index (χ3n) is 11.7. The van der Waals surface area contributed by atoms with Crippen LogP contribution in [0.3, 0.4) is 0 Å². The van der Waals surface area contributed by atoms with Gasteiger partial charge in [0.15, 0.2) is 29.8 Å². The zero-order chi connectivity index (χ0) is 48.8. The third kappa shape index (κ3) is 10.00. The van der Waals surface area contributed by atoms with Gasteiger partial charge in [0.25, 0.3) is 0 Å². The molecule has 0 amide bonds. The monoisotopic (exact) mass is 964 g/mol. The molecular weight excluding hydrogens is 912 g/mol. The molecule has 4 aliphatic rings. The van der Waals surface area contributed by atoms with Crippen molar-refractivity contribution < 1.29 is 129 Å². The second-order valence-electron chi connectivity index (χ2n) is 16.1. The van der Waals surface area contributed by atoms with Gasteiger partial charge in [0.05, 0.1) is 33.5 Å². The molecule has 4 fully saturated rings. The Hall–Kier alpha value is -4.15. The van der Waals surface area contributed by atoms with Crippen molar-refractivity contribution in [2.75, 3.05) is 33.5 Å². The highest BCUT2D eigenvalue weighted by atomic mass is 16.7. The highest BCUT2D eigenvalue weighted by molar-refractivity contribution is 5.88. The van der Waals surface area contributed by atoms with E-state index >= 15 is 0 Å². The Morgan fingerprint density at radius 1 is 0.522 bits per heavy atom. The van der Waals surface area contributed by atoms with E-state index in [2.05, 4.69) is 0 Å². The Kier molecular flexibility index (Phi) is 15.8. The van der Waals surface area contributed by atoms with Crippen molar-refractivity contribution in [1.29, 1.82) is 0 Å². The van der Waals surface area contributed by atoms with Crippen molar-refractivity contribution in [3.63, 3.8) is 0 Å². The van der Waals surface area contributed by atoms with Crippen molar-refractivity contribution in [2.24, 2.45) is 0 Å². The number of phenols is 2. The van der Waals surface area contributed by atoms with Crippen LogP contribution in [-0.4, -0.2) is 238 Å². The summed E-state index contributed by atoms with van der Waals surface area (Å²) >= 11 is 0. The van der Waals surface area contributed by atoms with Gasteiger partial charge in [0.2, 0.25) is 23.8 Å². The lowest BCUT2D eigenvalue weighted by Gasteiger charge is -2.43. The van der Waals surface area contributed by atoms with Gasteiger partial charge in [-0.2, -0.15) is 0 Å². The summed E-state index contributed by atoms with van der Waals surface area (Å²) in [5.41, 5.74) is -1.60. The molecule has 0 saturated carbocycles. The normalized spacial score (nSPS) is 39.3. The fourth-order valence-electron chi connectivity index (χ4n) is 7.78. The molecule has 0 aliphatic carbocycles. The van der Waals surface area contributed by atoms with E-state index in [4.69, 9.17) is 47.0 Å². The maximum Gasteiger partial charge on any atom is 0.239 e. The molecule has 0 spiro atoms. The van der Waals surface area contributed by atoms with Crippen LogP contribution >= 0.6 is 0 Å². The molecule has 2 aromatic carbocycles. The smallest absolute Gasteiger partial charge is 0.239 e. The number of aliphatic hydroxyl groups excluding tert-OH is 14. The van der Waals surface area contributed by atoms with E-state index in [1.54, 1.807) is 0 Å². The molecule has 4 aliphatic heterocycles. The third-order valence-corrected chi connectivity index (χ3v) is 11.7. The van der Waals surface area contributed by atoms with Crippen LogP contribution in [0.15, 0.2) is 39.5 Å². The predicted molar refractivity (Wildman–Crippen MR) is 212 cm³/mol. The summed E-state index contributed by atoms with van der Waals surface area (Å²) in [6.45, 7) is -3.09. The molecule has 7 rings (SSSR count). The van der Waals surface area contributed by atoms with Crippen LogP contribution in [0.5, 0.6) is 28.7 Å². The van der Waals surface area contributed by atoms with E-state index in [9.17, 15) is 86.5 Å². The van der Waals surface area contributed by atoms with E-state index < -0.39 is 183 Å². The topological polar surface area (TPSA) is 437 Å². The van der Waals surface area contributed by atoms with Gasteiger partial charge in [-0.3, -0.25) is 4.79 Å². The number of aromatic hydroxyl groups is 2. The number of aliphatic hydroxyl groups is 14. The molecule has 1 aromatic heterocycles. The van der Waals surface area contributed by atoms with Crippen LogP contribution in [-0.2, 0) is 28.4 Å². The van der Waals surface area contributed by atoms with Gasteiger partial charge in [0, 0.05) is 17.7 Å². The van der Waals surface area contributed by atoms with E-state index in [1.807, 2.05) is 0 Å². The summed E-state index contributed by atoms with van der Waals surface area (Å²) in [6, 6.07) is 5.56. The summed E-state index contributed by atoms with van der Waals surface area (Å²) < 4.78 is 55.7. The molecular formula is C40H52O27. The van der Waals surface area contributed by atoms with Gasteiger partial charge in [-0.25, -0.2) is 0 Å². The van der Waals surface area contributed by atoms with Crippen molar-refractivity contribution in [3.05, 3.63) is 40.6 Å². The van der Waals surface area contributed by atoms with E-state index in [1.165, 1.54) is 19.2 Å². The summed E-state index contributed by atoms with van der Waals surface area (Å²) in [5.74, 6) is -2.91. The molecule has 27 heteroatoms. The Labute approximate surface area is 376 Å². The maximum atomic E-state index is 14.3. The summed E-state index contributed by atoms with van der Waals surface area (Å²) in [6.07, 6.45) is -36.1. The number of rotatable bonds is 14. The van der Waals surface area contributed by atoms with Gasteiger partial charge in [-0.05, 0) is 18.2 Å². The molecule has 0 radical (unpaired) electrons.